The highest BCUT2D eigenvalue weighted by atomic mass is 79.9. The van der Waals surface area contributed by atoms with E-state index in [1.807, 2.05) is 24.3 Å². The Morgan fingerprint density at radius 3 is 2.67 bits per heavy atom. The number of halogens is 1. The minimum atomic E-state index is 0.632. The summed E-state index contributed by atoms with van der Waals surface area (Å²) in [6, 6.07) is 12.0. The Labute approximate surface area is 97.1 Å². The van der Waals surface area contributed by atoms with Crippen LogP contribution in [0.25, 0.3) is 11.1 Å². The maximum absolute atomic E-state index is 5.08. The Balaban J connectivity index is 2.44. The Morgan fingerprint density at radius 1 is 1.13 bits per heavy atom. The smallest absolute Gasteiger partial charge is 0.213 e. The minimum absolute atomic E-state index is 0.632. The number of hydrogen-bond donors (Lipinski definition) is 0. The molecule has 0 aliphatic rings. The quantitative estimate of drug-likeness (QED) is 0.827. The van der Waals surface area contributed by atoms with E-state index >= 15 is 0 Å². The van der Waals surface area contributed by atoms with Gasteiger partial charge in [-0.05, 0) is 29.3 Å². The summed E-state index contributed by atoms with van der Waals surface area (Å²) in [4.78, 5) is 4.07. The van der Waals surface area contributed by atoms with Crippen molar-refractivity contribution in [2.75, 3.05) is 7.11 Å². The van der Waals surface area contributed by atoms with E-state index in [0.717, 1.165) is 15.6 Å². The molecular weight excluding hydrogens is 254 g/mol. The van der Waals surface area contributed by atoms with E-state index < -0.39 is 0 Å². The normalized spacial score (nSPS) is 10.0. The van der Waals surface area contributed by atoms with Crippen LogP contribution in [0.3, 0.4) is 0 Å². The molecule has 0 spiro atoms. The molecule has 15 heavy (non-hydrogen) atoms. The van der Waals surface area contributed by atoms with Crippen molar-refractivity contribution in [3.63, 3.8) is 0 Å². The molecule has 2 aromatic rings. The van der Waals surface area contributed by atoms with Crippen LogP contribution in [0.2, 0.25) is 0 Å². The lowest BCUT2D eigenvalue weighted by molar-refractivity contribution is 0.398. The number of nitrogens with zero attached hydrogens (tertiary/aromatic N) is 1. The number of rotatable bonds is 2. The molecule has 0 unspecified atom stereocenters. The van der Waals surface area contributed by atoms with Crippen molar-refractivity contribution in [2.24, 2.45) is 0 Å². The van der Waals surface area contributed by atoms with Crippen molar-refractivity contribution in [1.82, 2.24) is 4.98 Å². The second-order valence-electron chi connectivity index (χ2n) is 3.10. The highest BCUT2D eigenvalue weighted by Gasteiger charge is 2.00. The first-order valence-electron chi connectivity index (χ1n) is 4.55. The fourth-order valence-corrected chi connectivity index (χ4v) is 1.77. The molecule has 0 N–H and O–H groups in total. The molecule has 2 nitrogen and oxygen atoms in total. The summed E-state index contributed by atoms with van der Waals surface area (Å²) in [6.45, 7) is 0. The lowest BCUT2D eigenvalue weighted by Gasteiger charge is -2.04. The second-order valence-corrected chi connectivity index (χ2v) is 4.01. The first-order valence-corrected chi connectivity index (χ1v) is 5.35. The summed E-state index contributed by atoms with van der Waals surface area (Å²) in [7, 11) is 1.62. The van der Waals surface area contributed by atoms with Crippen molar-refractivity contribution < 1.29 is 4.74 Å². The SMILES string of the molecule is COc1cc(-c2cccc(Br)c2)ccn1. The molecule has 76 valence electrons. The number of ether oxygens (including phenoxy) is 1. The van der Waals surface area contributed by atoms with Crippen molar-refractivity contribution >= 4 is 15.9 Å². The molecule has 0 bridgehead atoms. The van der Waals surface area contributed by atoms with Gasteiger partial charge in [0, 0.05) is 16.7 Å². The molecule has 0 fully saturated rings. The maximum Gasteiger partial charge on any atom is 0.213 e. The van der Waals surface area contributed by atoms with E-state index in [4.69, 9.17) is 4.74 Å². The zero-order valence-corrected chi connectivity index (χ0v) is 9.86. The van der Waals surface area contributed by atoms with Crippen LogP contribution >= 0.6 is 15.9 Å². The number of pyridine rings is 1. The summed E-state index contributed by atoms with van der Waals surface area (Å²) < 4.78 is 6.15. The molecule has 1 heterocycles. The Morgan fingerprint density at radius 2 is 1.93 bits per heavy atom. The van der Waals surface area contributed by atoms with Gasteiger partial charge in [-0.1, -0.05) is 28.1 Å². The molecule has 1 aromatic carbocycles. The summed E-state index contributed by atoms with van der Waals surface area (Å²) in [5.74, 6) is 0.632. The number of benzene rings is 1. The Bertz CT molecular complexity index is 471. The average molecular weight is 264 g/mol. The molecule has 0 amide bonds. The van der Waals surface area contributed by atoms with Gasteiger partial charge in [-0.3, -0.25) is 0 Å². The van der Waals surface area contributed by atoms with Gasteiger partial charge in [-0.25, -0.2) is 4.98 Å². The zero-order valence-electron chi connectivity index (χ0n) is 8.27. The average Bonchev–Trinajstić information content (AvgIpc) is 2.29. The van der Waals surface area contributed by atoms with Gasteiger partial charge in [-0.2, -0.15) is 0 Å². The largest absolute Gasteiger partial charge is 0.481 e. The lowest BCUT2D eigenvalue weighted by atomic mass is 10.1. The van der Waals surface area contributed by atoms with Crippen LogP contribution in [0.4, 0.5) is 0 Å². The molecule has 0 radical (unpaired) electrons. The fourth-order valence-electron chi connectivity index (χ4n) is 1.37. The second kappa shape index (κ2) is 4.45. The monoisotopic (exact) mass is 263 g/mol. The third-order valence-electron chi connectivity index (χ3n) is 2.10. The topological polar surface area (TPSA) is 22.1 Å². The van der Waals surface area contributed by atoms with Crippen LogP contribution in [-0.4, -0.2) is 12.1 Å². The molecule has 0 aliphatic heterocycles. The zero-order chi connectivity index (χ0) is 10.7. The van der Waals surface area contributed by atoms with E-state index in [2.05, 4.69) is 33.0 Å². The lowest BCUT2D eigenvalue weighted by Crippen LogP contribution is -1.87. The van der Waals surface area contributed by atoms with E-state index in [-0.39, 0.29) is 0 Å². The molecule has 0 aliphatic carbocycles. The van der Waals surface area contributed by atoms with Crippen molar-refractivity contribution in [1.29, 1.82) is 0 Å². The molecule has 2 rings (SSSR count). The van der Waals surface area contributed by atoms with Crippen LogP contribution in [0.15, 0.2) is 47.1 Å². The van der Waals surface area contributed by atoms with Gasteiger partial charge >= 0.3 is 0 Å². The van der Waals surface area contributed by atoms with E-state index in [9.17, 15) is 0 Å². The van der Waals surface area contributed by atoms with E-state index in [0.29, 0.717) is 5.88 Å². The number of hydrogen-bond acceptors (Lipinski definition) is 2. The van der Waals surface area contributed by atoms with Crippen LogP contribution in [0, 0.1) is 0 Å². The van der Waals surface area contributed by atoms with Crippen molar-refractivity contribution in [3.8, 4) is 17.0 Å². The van der Waals surface area contributed by atoms with Gasteiger partial charge in [0.05, 0.1) is 7.11 Å². The Hall–Kier alpha value is -1.35. The van der Waals surface area contributed by atoms with Crippen LogP contribution in [0.5, 0.6) is 5.88 Å². The van der Waals surface area contributed by atoms with Gasteiger partial charge in [0.15, 0.2) is 0 Å². The van der Waals surface area contributed by atoms with Crippen molar-refractivity contribution in [2.45, 2.75) is 0 Å². The van der Waals surface area contributed by atoms with Gasteiger partial charge in [0.1, 0.15) is 0 Å². The number of methoxy groups -OCH3 is 1. The molecule has 3 heteroatoms. The number of aromatic nitrogens is 1. The van der Waals surface area contributed by atoms with Crippen molar-refractivity contribution in [3.05, 3.63) is 47.1 Å². The summed E-state index contributed by atoms with van der Waals surface area (Å²) >= 11 is 3.45. The first-order chi connectivity index (χ1) is 7.29. The van der Waals surface area contributed by atoms with Gasteiger partial charge in [-0.15, -0.1) is 0 Å². The molecule has 0 saturated heterocycles. The maximum atomic E-state index is 5.08. The highest BCUT2D eigenvalue weighted by molar-refractivity contribution is 9.10. The van der Waals surface area contributed by atoms with Gasteiger partial charge in [0.25, 0.3) is 0 Å². The molecule has 0 saturated carbocycles. The standard InChI is InChI=1S/C12H10BrNO/c1-15-12-8-10(5-6-14-12)9-3-2-4-11(13)7-9/h2-8H,1H3. The van der Waals surface area contributed by atoms with Gasteiger partial charge in [0.2, 0.25) is 5.88 Å². The third-order valence-corrected chi connectivity index (χ3v) is 2.60. The molecular formula is C12H10BrNO. The van der Waals surface area contributed by atoms with Crippen LogP contribution < -0.4 is 4.74 Å². The fraction of sp³-hybridized carbons (Fsp3) is 0.0833. The summed E-state index contributed by atoms with van der Waals surface area (Å²) in [6.07, 6.45) is 1.75. The summed E-state index contributed by atoms with van der Waals surface area (Å²) in [5.41, 5.74) is 2.24. The highest BCUT2D eigenvalue weighted by Crippen LogP contribution is 2.24. The third kappa shape index (κ3) is 2.36. The first kappa shape index (κ1) is 10.2. The predicted molar refractivity (Wildman–Crippen MR) is 63.9 cm³/mol. The van der Waals surface area contributed by atoms with E-state index in [1.165, 1.54) is 0 Å². The van der Waals surface area contributed by atoms with E-state index in [1.54, 1.807) is 13.3 Å². The van der Waals surface area contributed by atoms with Crippen LogP contribution in [0.1, 0.15) is 0 Å². The van der Waals surface area contributed by atoms with Gasteiger partial charge < -0.3 is 4.74 Å². The Kier molecular flexibility index (Phi) is 3.02. The van der Waals surface area contributed by atoms with Crippen LogP contribution in [-0.2, 0) is 0 Å². The molecule has 1 aromatic heterocycles. The predicted octanol–water partition coefficient (Wildman–Crippen LogP) is 3.52. The minimum Gasteiger partial charge on any atom is -0.481 e. The summed E-state index contributed by atoms with van der Waals surface area (Å²) in [5, 5.41) is 0. The molecule has 0 atom stereocenters.